The van der Waals surface area contributed by atoms with E-state index in [4.69, 9.17) is 9.47 Å². The Hall–Kier alpha value is -1.65. The summed E-state index contributed by atoms with van der Waals surface area (Å²) in [5, 5.41) is 10.3. The van der Waals surface area contributed by atoms with Crippen LogP contribution in [0.5, 0.6) is 11.5 Å². The lowest BCUT2D eigenvalue weighted by Crippen LogP contribution is -2.17. The maximum atomic E-state index is 9.57. The van der Waals surface area contributed by atoms with Gasteiger partial charge in [-0.15, -0.1) is 11.8 Å². The quantitative estimate of drug-likeness (QED) is 0.700. The number of ether oxygens (including phenoxy) is 2. The Morgan fingerprint density at radius 2 is 1.93 bits per heavy atom. The van der Waals surface area contributed by atoms with Crippen molar-refractivity contribution in [1.82, 2.24) is 0 Å². The number of aryl methyl sites for hydroxylation is 1. The standard InChI is InChI=1S/C23H30O3S/c1-4-26-19-10-8-17(9-11-19)13-18-14-21(22(25-3)12-16(18)2)23-7-5-6-20(15-24)27-23/h8-12,14,20,23-24H,4-7,13,15H2,1-3H3. The van der Waals surface area contributed by atoms with Gasteiger partial charge >= 0.3 is 0 Å². The number of aliphatic hydroxyl groups is 1. The van der Waals surface area contributed by atoms with E-state index < -0.39 is 0 Å². The van der Waals surface area contributed by atoms with Crippen LogP contribution < -0.4 is 9.47 Å². The van der Waals surface area contributed by atoms with E-state index in [-0.39, 0.29) is 6.61 Å². The fourth-order valence-electron chi connectivity index (χ4n) is 3.72. The topological polar surface area (TPSA) is 38.7 Å². The molecule has 27 heavy (non-hydrogen) atoms. The SMILES string of the molecule is CCOc1ccc(Cc2cc(C3CCCC(CO)S3)c(OC)cc2C)cc1. The van der Waals surface area contributed by atoms with Gasteiger partial charge in [0.2, 0.25) is 0 Å². The molecule has 1 aliphatic heterocycles. The molecule has 1 heterocycles. The van der Waals surface area contributed by atoms with E-state index in [1.54, 1.807) is 7.11 Å². The normalized spacial score (nSPS) is 19.7. The summed E-state index contributed by atoms with van der Waals surface area (Å²) in [6, 6.07) is 12.9. The predicted octanol–water partition coefficient (Wildman–Crippen LogP) is 5.31. The first-order chi connectivity index (χ1) is 13.1. The average Bonchev–Trinajstić information content (AvgIpc) is 2.70. The molecule has 0 amide bonds. The summed E-state index contributed by atoms with van der Waals surface area (Å²) in [5.74, 6) is 1.89. The van der Waals surface area contributed by atoms with Crippen LogP contribution in [0.1, 0.15) is 53.7 Å². The van der Waals surface area contributed by atoms with Crippen LogP contribution in [0, 0.1) is 6.92 Å². The van der Waals surface area contributed by atoms with Crippen LogP contribution in [-0.4, -0.2) is 30.7 Å². The molecule has 0 aliphatic carbocycles. The minimum atomic E-state index is 0.258. The van der Waals surface area contributed by atoms with Crippen molar-refractivity contribution in [3.63, 3.8) is 0 Å². The highest BCUT2D eigenvalue weighted by Crippen LogP contribution is 2.46. The Morgan fingerprint density at radius 1 is 1.15 bits per heavy atom. The molecule has 0 aromatic heterocycles. The van der Waals surface area contributed by atoms with Crippen LogP contribution >= 0.6 is 11.8 Å². The van der Waals surface area contributed by atoms with Crippen molar-refractivity contribution in [3.8, 4) is 11.5 Å². The fraction of sp³-hybridized carbons (Fsp3) is 0.478. The van der Waals surface area contributed by atoms with Crippen molar-refractivity contribution in [2.24, 2.45) is 0 Å². The zero-order valence-electron chi connectivity index (χ0n) is 16.5. The number of benzene rings is 2. The van der Waals surface area contributed by atoms with Crippen LogP contribution in [0.4, 0.5) is 0 Å². The van der Waals surface area contributed by atoms with Crippen molar-refractivity contribution < 1.29 is 14.6 Å². The lowest BCUT2D eigenvalue weighted by Gasteiger charge is -2.29. The lowest BCUT2D eigenvalue weighted by atomic mass is 9.94. The van der Waals surface area contributed by atoms with Gasteiger partial charge in [-0.1, -0.05) is 24.6 Å². The molecule has 1 N–H and O–H groups in total. The van der Waals surface area contributed by atoms with Crippen LogP contribution in [-0.2, 0) is 6.42 Å². The fourth-order valence-corrected chi connectivity index (χ4v) is 5.20. The molecule has 1 saturated heterocycles. The smallest absolute Gasteiger partial charge is 0.123 e. The van der Waals surface area contributed by atoms with Gasteiger partial charge in [-0.3, -0.25) is 0 Å². The van der Waals surface area contributed by atoms with E-state index in [0.717, 1.165) is 37.2 Å². The molecule has 0 radical (unpaired) electrons. The Bertz CT molecular complexity index is 742. The highest BCUT2D eigenvalue weighted by atomic mass is 32.2. The first-order valence-electron chi connectivity index (χ1n) is 9.80. The third-order valence-corrected chi connectivity index (χ3v) is 6.80. The van der Waals surface area contributed by atoms with Crippen LogP contribution in [0.25, 0.3) is 0 Å². The van der Waals surface area contributed by atoms with E-state index in [1.807, 2.05) is 30.8 Å². The van der Waals surface area contributed by atoms with Gasteiger partial charge < -0.3 is 14.6 Å². The first-order valence-corrected chi connectivity index (χ1v) is 10.7. The van der Waals surface area contributed by atoms with Crippen LogP contribution in [0.2, 0.25) is 0 Å². The van der Waals surface area contributed by atoms with Crippen molar-refractivity contribution in [3.05, 3.63) is 58.7 Å². The minimum Gasteiger partial charge on any atom is -0.496 e. The van der Waals surface area contributed by atoms with Gasteiger partial charge in [-0.2, -0.15) is 0 Å². The summed E-state index contributed by atoms with van der Waals surface area (Å²) in [5.41, 5.74) is 5.14. The summed E-state index contributed by atoms with van der Waals surface area (Å²) in [6.45, 7) is 5.10. The highest BCUT2D eigenvalue weighted by molar-refractivity contribution is 8.00. The second-order valence-electron chi connectivity index (χ2n) is 7.13. The zero-order valence-corrected chi connectivity index (χ0v) is 17.3. The number of aliphatic hydroxyl groups excluding tert-OH is 1. The summed E-state index contributed by atoms with van der Waals surface area (Å²) in [6.07, 6.45) is 4.30. The van der Waals surface area contributed by atoms with Gasteiger partial charge in [0, 0.05) is 16.1 Å². The van der Waals surface area contributed by atoms with Gasteiger partial charge in [0.1, 0.15) is 11.5 Å². The first kappa shape index (κ1) is 20.1. The van der Waals surface area contributed by atoms with E-state index in [9.17, 15) is 5.11 Å². The Morgan fingerprint density at radius 3 is 2.59 bits per heavy atom. The second-order valence-corrected chi connectivity index (χ2v) is 8.64. The molecule has 0 bridgehead atoms. The number of hydrogen-bond acceptors (Lipinski definition) is 4. The summed E-state index contributed by atoms with van der Waals surface area (Å²) < 4.78 is 11.2. The summed E-state index contributed by atoms with van der Waals surface area (Å²) >= 11 is 1.90. The summed E-state index contributed by atoms with van der Waals surface area (Å²) in [7, 11) is 1.75. The maximum Gasteiger partial charge on any atom is 0.123 e. The van der Waals surface area contributed by atoms with Crippen LogP contribution in [0.3, 0.4) is 0 Å². The summed E-state index contributed by atoms with van der Waals surface area (Å²) in [4.78, 5) is 0. The molecular formula is C23H30O3S. The largest absolute Gasteiger partial charge is 0.496 e. The van der Waals surface area contributed by atoms with E-state index in [2.05, 4.69) is 31.2 Å². The second kappa shape index (κ2) is 9.52. The van der Waals surface area contributed by atoms with E-state index >= 15 is 0 Å². The van der Waals surface area contributed by atoms with Gasteiger partial charge in [-0.05, 0) is 68.0 Å². The molecule has 2 unspecified atom stereocenters. The Kier molecular flexibility index (Phi) is 7.08. The van der Waals surface area contributed by atoms with Gasteiger partial charge in [0.05, 0.1) is 20.3 Å². The molecule has 0 spiro atoms. The monoisotopic (exact) mass is 386 g/mol. The molecular weight excluding hydrogens is 356 g/mol. The minimum absolute atomic E-state index is 0.258. The number of hydrogen-bond donors (Lipinski definition) is 1. The highest BCUT2D eigenvalue weighted by Gasteiger charge is 2.26. The number of methoxy groups -OCH3 is 1. The van der Waals surface area contributed by atoms with Gasteiger partial charge in [-0.25, -0.2) is 0 Å². The molecule has 1 aliphatic rings. The van der Waals surface area contributed by atoms with Gasteiger partial charge in [0.15, 0.2) is 0 Å². The predicted molar refractivity (Wildman–Crippen MR) is 113 cm³/mol. The third-order valence-electron chi connectivity index (χ3n) is 5.22. The molecule has 2 aromatic carbocycles. The zero-order chi connectivity index (χ0) is 19.2. The molecule has 4 heteroatoms. The van der Waals surface area contributed by atoms with Gasteiger partial charge in [0.25, 0.3) is 0 Å². The van der Waals surface area contributed by atoms with Crippen molar-refractivity contribution in [2.45, 2.75) is 50.0 Å². The number of rotatable bonds is 7. The third kappa shape index (κ3) is 4.99. The molecule has 1 fully saturated rings. The molecule has 0 saturated carbocycles. The molecule has 2 atom stereocenters. The lowest BCUT2D eigenvalue weighted by molar-refractivity contribution is 0.285. The Balaban J connectivity index is 1.85. The molecule has 2 aromatic rings. The van der Waals surface area contributed by atoms with E-state index in [0.29, 0.717) is 17.1 Å². The van der Waals surface area contributed by atoms with Crippen molar-refractivity contribution >= 4 is 11.8 Å². The van der Waals surface area contributed by atoms with E-state index in [1.165, 1.54) is 22.3 Å². The Labute approximate surface area is 167 Å². The maximum absolute atomic E-state index is 9.57. The van der Waals surface area contributed by atoms with Crippen molar-refractivity contribution in [2.75, 3.05) is 20.3 Å². The molecule has 146 valence electrons. The van der Waals surface area contributed by atoms with Crippen molar-refractivity contribution in [1.29, 1.82) is 0 Å². The molecule has 3 nitrogen and oxygen atoms in total. The van der Waals surface area contributed by atoms with Crippen LogP contribution in [0.15, 0.2) is 36.4 Å². The number of thioether (sulfide) groups is 1. The molecule has 3 rings (SSSR count). The average molecular weight is 387 g/mol.